The van der Waals surface area contributed by atoms with Gasteiger partial charge in [0.25, 0.3) is 0 Å². The Bertz CT molecular complexity index is 76.3. The van der Waals surface area contributed by atoms with Gasteiger partial charge in [-0.15, -0.1) is 49.6 Å². The molecule has 0 unspecified atom stereocenters. The zero-order valence-electron chi connectivity index (χ0n) is 6.65. The van der Waals surface area contributed by atoms with Crippen LogP contribution in [-0.2, 0) is 4.57 Å². The van der Waals surface area contributed by atoms with Crippen molar-refractivity contribution in [1.29, 1.82) is 0 Å². The van der Waals surface area contributed by atoms with Gasteiger partial charge in [-0.2, -0.15) is 0 Å². The van der Waals surface area contributed by atoms with Crippen molar-refractivity contribution in [3.63, 3.8) is 0 Å². The van der Waals surface area contributed by atoms with E-state index < -0.39 is 7.82 Å². The van der Waals surface area contributed by atoms with Crippen LogP contribution in [0.4, 0.5) is 9.41 Å². The second-order valence-corrected chi connectivity index (χ2v) is 1.54. The SMILES string of the molecule is Cl.Cl.Cl.Cl.F.F.O=P(O)(O)O.[H-].[Li+]. The summed E-state index contributed by atoms with van der Waals surface area (Å²) < 4.78 is 8.88. The molecule has 0 spiro atoms. The van der Waals surface area contributed by atoms with Crippen molar-refractivity contribution in [1.82, 2.24) is 0 Å². The Morgan fingerprint density at radius 2 is 0.833 bits per heavy atom. The molecule has 0 radical (unpaired) electrons. The van der Waals surface area contributed by atoms with Gasteiger partial charge in [-0.1, -0.05) is 0 Å². The molecule has 0 heterocycles. The van der Waals surface area contributed by atoms with Crippen LogP contribution in [0, 0.1) is 0 Å². The fourth-order valence-electron chi connectivity index (χ4n) is 0. The van der Waals surface area contributed by atoms with Crippen molar-refractivity contribution in [2.75, 3.05) is 0 Å². The molecule has 0 fully saturated rings. The Labute approximate surface area is 106 Å². The zero-order chi connectivity index (χ0) is 4.50. The molecule has 12 heavy (non-hydrogen) atoms. The van der Waals surface area contributed by atoms with Gasteiger partial charge in [-0.3, -0.25) is 9.41 Å². The number of hydrogen-bond donors (Lipinski definition) is 3. The van der Waals surface area contributed by atoms with E-state index in [2.05, 4.69) is 0 Å². The summed E-state index contributed by atoms with van der Waals surface area (Å²) in [5.41, 5.74) is 0. The largest absolute Gasteiger partial charge is 1.00 e. The molecule has 0 atom stereocenters. The van der Waals surface area contributed by atoms with Crippen molar-refractivity contribution >= 4 is 57.5 Å². The fourth-order valence-corrected chi connectivity index (χ4v) is 0. The quantitative estimate of drug-likeness (QED) is 0.363. The van der Waals surface area contributed by atoms with Gasteiger partial charge in [-0.05, 0) is 0 Å². The van der Waals surface area contributed by atoms with Crippen LogP contribution in [0.1, 0.15) is 1.43 Å². The minimum absolute atomic E-state index is 0. The molecule has 0 aromatic heterocycles. The van der Waals surface area contributed by atoms with Crippen molar-refractivity contribution in [3.05, 3.63) is 0 Å². The maximum absolute atomic E-state index is 8.88. The molecule has 0 aliphatic rings. The van der Waals surface area contributed by atoms with Gasteiger partial charge in [0.1, 0.15) is 0 Å². The van der Waals surface area contributed by atoms with Crippen LogP contribution in [0.2, 0.25) is 0 Å². The van der Waals surface area contributed by atoms with E-state index in [1.165, 1.54) is 0 Å². The summed E-state index contributed by atoms with van der Waals surface area (Å²) in [6, 6.07) is 0. The Balaban J connectivity index is -0.00000000286. The van der Waals surface area contributed by atoms with Gasteiger partial charge < -0.3 is 16.1 Å². The second-order valence-electron chi connectivity index (χ2n) is 0.513. The number of rotatable bonds is 0. The van der Waals surface area contributed by atoms with Crippen molar-refractivity contribution in [2.24, 2.45) is 0 Å². The molecular formula is H10Cl4F2LiO4P. The normalized spacial score (nSPS) is 4.92. The van der Waals surface area contributed by atoms with E-state index in [0.717, 1.165) is 0 Å². The predicted molar refractivity (Wildman–Crippen MR) is 49.4 cm³/mol. The molecule has 0 amide bonds. The van der Waals surface area contributed by atoms with Crippen LogP contribution < -0.4 is 18.9 Å². The van der Waals surface area contributed by atoms with Crippen molar-refractivity contribution in [3.8, 4) is 0 Å². The molecule has 0 aliphatic heterocycles. The molecule has 0 aromatic rings. The molecule has 0 rings (SSSR count). The van der Waals surface area contributed by atoms with Gasteiger partial charge in [0, 0.05) is 0 Å². The third-order valence-electron chi connectivity index (χ3n) is 0. The first kappa shape index (κ1) is 67.8. The Morgan fingerprint density at radius 3 is 0.833 bits per heavy atom. The Hall–Kier alpha value is 1.73. The van der Waals surface area contributed by atoms with Gasteiger partial charge >= 0.3 is 26.7 Å². The van der Waals surface area contributed by atoms with E-state index in [1.54, 1.807) is 0 Å². The molecule has 82 valence electrons. The number of phosphoric acid groups is 1. The van der Waals surface area contributed by atoms with E-state index in [0.29, 0.717) is 0 Å². The first-order valence-electron chi connectivity index (χ1n) is 0.783. The van der Waals surface area contributed by atoms with E-state index in [-0.39, 0.29) is 79.3 Å². The van der Waals surface area contributed by atoms with Crippen LogP contribution in [0.5, 0.6) is 0 Å². The topological polar surface area (TPSA) is 77.8 Å². The molecular weight excluding hydrogens is 282 g/mol. The summed E-state index contributed by atoms with van der Waals surface area (Å²) in [5.74, 6) is 0. The summed E-state index contributed by atoms with van der Waals surface area (Å²) in [4.78, 5) is 21.6. The third-order valence-corrected chi connectivity index (χ3v) is 0. The molecule has 4 nitrogen and oxygen atoms in total. The molecule has 0 bridgehead atoms. The molecule has 0 aliphatic carbocycles. The van der Waals surface area contributed by atoms with Crippen LogP contribution in [-0.4, -0.2) is 14.7 Å². The molecule has 0 saturated heterocycles. The van der Waals surface area contributed by atoms with Crippen LogP contribution in [0.25, 0.3) is 0 Å². The van der Waals surface area contributed by atoms with E-state index >= 15 is 0 Å². The Morgan fingerprint density at radius 1 is 0.833 bits per heavy atom. The first-order valence-corrected chi connectivity index (χ1v) is 2.35. The monoisotopic (exact) mass is 290 g/mol. The minimum atomic E-state index is -4.64. The van der Waals surface area contributed by atoms with Gasteiger partial charge in [0.15, 0.2) is 0 Å². The standard InChI is InChI=1S/4ClH.2FH.Li.H3O4P.H/c;;;;;;;1-5(2,3)4;/h6*1H;;(H3,1,2,3,4);/q;;;;;;+1;;-1. The van der Waals surface area contributed by atoms with Gasteiger partial charge in [-0.25, -0.2) is 4.57 Å². The fraction of sp³-hybridized carbons (Fsp3) is 0. The summed E-state index contributed by atoms with van der Waals surface area (Å²) in [6.07, 6.45) is 0. The predicted octanol–water partition coefficient (Wildman–Crippen LogP) is -1.82. The van der Waals surface area contributed by atoms with Gasteiger partial charge in [0.2, 0.25) is 0 Å². The summed E-state index contributed by atoms with van der Waals surface area (Å²) in [6.45, 7) is 0. The van der Waals surface area contributed by atoms with Crippen molar-refractivity contribution < 1.29 is 48.9 Å². The number of hydrogen-bond acceptors (Lipinski definition) is 1. The Kier molecular flexibility index (Phi) is 166. The molecule has 0 saturated carbocycles. The molecule has 3 N–H and O–H groups in total. The zero-order valence-corrected chi connectivity index (χ0v) is 9.81. The van der Waals surface area contributed by atoms with Crippen molar-refractivity contribution in [2.45, 2.75) is 0 Å². The molecule has 12 heteroatoms. The van der Waals surface area contributed by atoms with Crippen LogP contribution in [0.3, 0.4) is 0 Å². The molecule has 0 aromatic carbocycles. The first-order chi connectivity index (χ1) is 2.00. The van der Waals surface area contributed by atoms with E-state index in [9.17, 15) is 0 Å². The summed E-state index contributed by atoms with van der Waals surface area (Å²) in [7, 11) is -4.64. The average Bonchev–Trinajstić information content (AvgIpc) is 0.722. The second kappa shape index (κ2) is 29.3. The van der Waals surface area contributed by atoms with Crippen LogP contribution >= 0.6 is 57.5 Å². The smallest absolute Gasteiger partial charge is 1.00 e. The summed E-state index contributed by atoms with van der Waals surface area (Å²) in [5, 5.41) is 0. The minimum Gasteiger partial charge on any atom is -1.00 e. The maximum Gasteiger partial charge on any atom is 1.00 e. The number of halogens is 6. The van der Waals surface area contributed by atoms with E-state index in [1.807, 2.05) is 0 Å². The average molecular weight is 292 g/mol. The summed E-state index contributed by atoms with van der Waals surface area (Å²) >= 11 is 0. The maximum atomic E-state index is 8.88. The van der Waals surface area contributed by atoms with E-state index in [4.69, 9.17) is 19.2 Å². The third kappa shape index (κ3) is 452. The van der Waals surface area contributed by atoms with Crippen LogP contribution in [0.15, 0.2) is 0 Å². The van der Waals surface area contributed by atoms with Gasteiger partial charge in [0.05, 0.1) is 0 Å².